The minimum absolute atomic E-state index is 0.363. The maximum absolute atomic E-state index is 11.6. The number of hydrogen-bond donors (Lipinski definition) is 1. The molecule has 0 saturated heterocycles. The molecule has 166 valence electrons. The minimum Gasteiger partial charge on any atom is -0.444 e. The van der Waals surface area contributed by atoms with Crippen molar-refractivity contribution in [3.05, 3.63) is 47.8 Å². The molecule has 0 aliphatic rings. The van der Waals surface area contributed by atoms with Crippen molar-refractivity contribution in [1.82, 2.24) is 25.1 Å². The molecule has 0 saturated carbocycles. The smallest absolute Gasteiger partial charge is 0.407 e. The van der Waals surface area contributed by atoms with Crippen LogP contribution in [-0.2, 0) is 11.2 Å². The van der Waals surface area contributed by atoms with Gasteiger partial charge in [0, 0.05) is 18.7 Å². The number of amides is 1. The molecule has 0 aliphatic carbocycles. The molecule has 0 aliphatic heterocycles. The molecule has 7 nitrogen and oxygen atoms in total. The molecule has 9 heteroatoms. The van der Waals surface area contributed by atoms with Crippen LogP contribution in [0, 0.1) is 0 Å². The van der Waals surface area contributed by atoms with Gasteiger partial charge in [-0.3, -0.25) is 0 Å². The topological polar surface area (TPSA) is 81.4 Å². The SMILES string of the molecule is CC(C)(C)OC(=O)NCCCCCc1nnc2sc(SCC=Cc3ccccc3)nn12. The van der Waals surface area contributed by atoms with Gasteiger partial charge in [0.2, 0.25) is 4.96 Å². The average molecular weight is 460 g/mol. The highest BCUT2D eigenvalue weighted by Gasteiger charge is 2.15. The Hall–Kier alpha value is -2.39. The van der Waals surface area contributed by atoms with Crippen LogP contribution in [-0.4, -0.2) is 43.8 Å². The predicted octanol–water partition coefficient (Wildman–Crippen LogP) is 5.23. The molecule has 0 radical (unpaired) electrons. The molecule has 0 fully saturated rings. The van der Waals surface area contributed by atoms with E-state index in [9.17, 15) is 4.79 Å². The number of unbranched alkanes of at least 4 members (excludes halogenated alkanes) is 2. The summed E-state index contributed by atoms with van der Waals surface area (Å²) in [5.74, 6) is 1.75. The van der Waals surface area contributed by atoms with Crippen molar-refractivity contribution in [2.24, 2.45) is 0 Å². The fourth-order valence-electron chi connectivity index (χ4n) is 2.81. The Bertz CT molecular complexity index is 992. The number of fused-ring (bicyclic) bond motifs is 1. The van der Waals surface area contributed by atoms with Crippen LogP contribution in [0.3, 0.4) is 0 Å². The van der Waals surface area contributed by atoms with E-state index >= 15 is 0 Å². The van der Waals surface area contributed by atoms with Crippen LogP contribution in [0.4, 0.5) is 4.79 Å². The van der Waals surface area contributed by atoms with E-state index in [0.717, 1.165) is 46.6 Å². The summed E-state index contributed by atoms with van der Waals surface area (Å²) in [5, 5.41) is 16.0. The van der Waals surface area contributed by atoms with Gasteiger partial charge in [0.05, 0.1) is 0 Å². The minimum atomic E-state index is -0.466. The molecule has 3 aromatic rings. The Balaban J connectivity index is 1.37. The number of alkyl carbamates (subject to hydrolysis) is 1. The van der Waals surface area contributed by atoms with Gasteiger partial charge in [-0.2, -0.15) is 4.52 Å². The molecular weight excluding hydrogens is 430 g/mol. The van der Waals surface area contributed by atoms with Crippen molar-refractivity contribution in [3.63, 3.8) is 0 Å². The number of carbonyl (C=O) groups is 1. The van der Waals surface area contributed by atoms with Gasteiger partial charge >= 0.3 is 6.09 Å². The molecule has 1 N–H and O–H groups in total. The molecule has 0 bridgehead atoms. The molecule has 1 aromatic carbocycles. The maximum atomic E-state index is 11.6. The first kappa shape index (κ1) is 23.3. The highest BCUT2D eigenvalue weighted by atomic mass is 32.2. The highest BCUT2D eigenvalue weighted by Crippen LogP contribution is 2.25. The zero-order valence-corrected chi connectivity index (χ0v) is 19.8. The van der Waals surface area contributed by atoms with Crippen LogP contribution in [0.5, 0.6) is 0 Å². The van der Waals surface area contributed by atoms with Crippen LogP contribution in [0.1, 0.15) is 51.4 Å². The molecule has 0 unspecified atom stereocenters. The fraction of sp³-hybridized carbons (Fsp3) is 0.455. The molecular formula is C22H29N5O2S2. The van der Waals surface area contributed by atoms with E-state index in [0.29, 0.717) is 6.54 Å². The van der Waals surface area contributed by atoms with Crippen LogP contribution in [0.2, 0.25) is 0 Å². The number of ether oxygens (including phenoxy) is 1. The van der Waals surface area contributed by atoms with Gasteiger partial charge in [-0.1, -0.05) is 72.0 Å². The Morgan fingerprint density at radius 2 is 2.00 bits per heavy atom. The van der Waals surface area contributed by atoms with E-state index < -0.39 is 5.60 Å². The Labute approximate surface area is 191 Å². The molecule has 0 atom stereocenters. The summed E-state index contributed by atoms with van der Waals surface area (Å²) < 4.78 is 8.07. The van der Waals surface area contributed by atoms with Gasteiger partial charge in [0.1, 0.15) is 5.60 Å². The second kappa shape index (κ2) is 11.3. The van der Waals surface area contributed by atoms with Crippen molar-refractivity contribution in [2.75, 3.05) is 12.3 Å². The summed E-state index contributed by atoms with van der Waals surface area (Å²) in [7, 11) is 0. The number of aromatic nitrogens is 4. The quantitative estimate of drug-likeness (QED) is 0.330. The van der Waals surface area contributed by atoms with Gasteiger partial charge < -0.3 is 10.1 Å². The molecule has 2 aromatic heterocycles. The van der Waals surface area contributed by atoms with Crippen molar-refractivity contribution in [3.8, 4) is 0 Å². The maximum Gasteiger partial charge on any atom is 0.407 e. The number of thioether (sulfide) groups is 1. The number of nitrogens with zero attached hydrogens (tertiary/aromatic N) is 4. The van der Waals surface area contributed by atoms with Crippen molar-refractivity contribution in [2.45, 2.75) is 56.4 Å². The Kier molecular flexibility index (Phi) is 8.48. The van der Waals surface area contributed by atoms with Gasteiger partial charge in [0.25, 0.3) is 0 Å². The number of nitrogens with one attached hydrogen (secondary N) is 1. The Morgan fingerprint density at radius 1 is 1.19 bits per heavy atom. The lowest BCUT2D eigenvalue weighted by Gasteiger charge is -2.19. The fourth-order valence-corrected chi connectivity index (χ4v) is 4.54. The number of carbonyl (C=O) groups excluding carboxylic acids is 1. The van der Waals surface area contributed by atoms with Gasteiger partial charge in [-0.15, -0.1) is 15.3 Å². The summed E-state index contributed by atoms with van der Waals surface area (Å²) in [4.78, 5) is 12.5. The van der Waals surface area contributed by atoms with Gasteiger partial charge in [-0.05, 0) is 39.2 Å². The largest absolute Gasteiger partial charge is 0.444 e. The van der Waals surface area contributed by atoms with Crippen molar-refractivity contribution >= 4 is 40.2 Å². The summed E-state index contributed by atoms with van der Waals surface area (Å²) in [6.07, 6.45) is 7.57. The summed E-state index contributed by atoms with van der Waals surface area (Å²) in [5.41, 5.74) is 0.733. The Morgan fingerprint density at radius 3 is 2.77 bits per heavy atom. The normalized spacial score (nSPS) is 12.0. The van der Waals surface area contributed by atoms with Crippen molar-refractivity contribution < 1.29 is 9.53 Å². The number of rotatable bonds is 10. The number of benzene rings is 1. The van der Waals surface area contributed by atoms with Gasteiger partial charge in [0.15, 0.2) is 10.2 Å². The first-order valence-corrected chi connectivity index (χ1v) is 12.2. The standard InChI is InChI=1S/C22H29N5O2S2/c1-22(2,3)29-20(28)23-15-9-5-8-14-18-24-25-19-27(18)26-21(31-19)30-16-10-13-17-11-6-4-7-12-17/h4,6-7,10-13H,5,8-9,14-16H2,1-3H3,(H,23,28). The number of aryl methyl sites for hydroxylation is 1. The van der Waals surface area contributed by atoms with E-state index in [4.69, 9.17) is 4.74 Å². The zero-order valence-electron chi connectivity index (χ0n) is 18.2. The second-order valence-corrected chi connectivity index (χ2v) is 10.3. The van der Waals surface area contributed by atoms with E-state index in [2.05, 4.69) is 44.9 Å². The lowest BCUT2D eigenvalue weighted by Crippen LogP contribution is -2.32. The lowest BCUT2D eigenvalue weighted by atomic mass is 10.2. The van der Waals surface area contributed by atoms with Gasteiger partial charge in [-0.25, -0.2) is 4.79 Å². The summed E-state index contributed by atoms with van der Waals surface area (Å²) in [6.45, 7) is 6.18. The van der Waals surface area contributed by atoms with E-state index in [-0.39, 0.29) is 6.09 Å². The summed E-state index contributed by atoms with van der Waals surface area (Å²) >= 11 is 3.27. The monoisotopic (exact) mass is 459 g/mol. The van der Waals surface area contributed by atoms with E-state index in [1.165, 1.54) is 5.56 Å². The average Bonchev–Trinajstić information content (AvgIpc) is 3.28. The number of hydrogen-bond acceptors (Lipinski definition) is 7. The highest BCUT2D eigenvalue weighted by molar-refractivity contribution is 8.01. The van der Waals surface area contributed by atoms with E-state index in [1.54, 1.807) is 23.1 Å². The van der Waals surface area contributed by atoms with Crippen LogP contribution >= 0.6 is 23.1 Å². The molecule has 2 heterocycles. The van der Waals surface area contributed by atoms with Crippen molar-refractivity contribution in [1.29, 1.82) is 0 Å². The lowest BCUT2D eigenvalue weighted by molar-refractivity contribution is 0.0527. The first-order chi connectivity index (χ1) is 14.9. The molecule has 0 spiro atoms. The summed E-state index contributed by atoms with van der Waals surface area (Å²) in [6, 6.07) is 10.3. The van der Waals surface area contributed by atoms with Crippen LogP contribution < -0.4 is 5.32 Å². The second-order valence-electron chi connectivity index (χ2n) is 8.04. The predicted molar refractivity (Wildman–Crippen MR) is 127 cm³/mol. The van der Waals surface area contributed by atoms with E-state index in [1.807, 2.05) is 43.5 Å². The van der Waals surface area contributed by atoms with Crippen LogP contribution in [0.25, 0.3) is 11.0 Å². The third-order valence-electron chi connectivity index (χ3n) is 4.20. The molecule has 3 rings (SSSR count). The zero-order chi connectivity index (χ0) is 22.1. The molecule has 31 heavy (non-hydrogen) atoms. The molecule has 1 amide bonds. The third kappa shape index (κ3) is 7.99. The first-order valence-electron chi connectivity index (χ1n) is 10.4. The third-order valence-corrected chi connectivity index (χ3v) is 6.18. The van der Waals surface area contributed by atoms with Crippen LogP contribution in [0.15, 0.2) is 40.7 Å².